The number of fused-ring (bicyclic) bond motifs is 1. The number of nitrogens with two attached hydrogens (primary N) is 1. The van der Waals surface area contributed by atoms with E-state index in [2.05, 4.69) is 0 Å². The van der Waals surface area contributed by atoms with E-state index in [-0.39, 0.29) is 11.6 Å². The Hall–Kier alpha value is -2.33. The molecule has 0 spiro atoms. The zero-order valence-electron chi connectivity index (χ0n) is 11.8. The van der Waals surface area contributed by atoms with Crippen molar-refractivity contribution >= 4 is 10.9 Å². The van der Waals surface area contributed by atoms with Crippen molar-refractivity contribution in [1.82, 2.24) is 4.57 Å². The van der Waals surface area contributed by atoms with Gasteiger partial charge in [-0.25, -0.2) is 4.39 Å². The van der Waals surface area contributed by atoms with Crippen molar-refractivity contribution in [3.05, 3.63) is 65.6 Å². The van der Waals surface area contributed by atoms with Crippen LogP contribution in [0.25, 0.3) is 10.9 Å². The lowest BCUT2D eigenvalue weighted by atomic mass is 10.1. The molecule has 0 saturated heterocycles. The van der Waals surface area contributed by atoms with Crippen LogP contribution in [-0.2, 0) is 13.1 Å². The van der Waals surface area contributed by atoms with Crippen LogP contribution in [0.5, 0.6) is 5.75 Å². The third kappa shape index (κ3) is 2.38. The molecule has 2 aromatic carbocycles. The Balaban J connectivity index is 2.07. The molecule has 0 radical (unpaired) electrons. The molecule has 1 heterocycles. The number of benzene rings is 2. The Morgan fingerprint density at radius 1 is 1.10 bits per heavy atom. The molecule has 2 N–H and O–H groups in total. The molecule has 4 heteroatoms. The molecular weight excluding hydrogens is 267 g/mol. The molecule has 0 aliphatic heterocycles. The first-order valence-corrected chi connectivity index (χ1v) is 6.82. The quantitative estimate of drug-likeness (QED) is 0.798. The number of hydrogen-bond acceptors (Lipinski definition) is 2. The molecule has 1 aromatic heterocycles. The van der Waals surface area contributed by atoms with Gasteiger partial charge in [-0.05, 0) is 23.1 Å². The second-order valence-electron chi connectivity index (χ2n) is 4.94. The van der Waals surface area contributed by atoms with Gasteiger partial charge in [0.05, 0.1) is 19.2 Å². The molecule has 3 nitrogen and oxygen atoms in total. The Bertz CT molecular complexity index is 780. The second kappa shape index (κ2) is 5.58. The molecule has 0 amide bonds. The van der Waals surface area contributed by atoms with Gasteiger partial charge in [-0.1, -0.05) is 30.3 Å². The van der Waals surface area contributed by atoms with Crippen molar-refractivity contribution in [3.8, 4) is 5.75 Å². The number of aromatic nitrogens is 1. The zero-order chi connectivity index (χ0) is 14.8. The van der Waals surface area contributed by atoms with E-state index < -0.39 is 0 Å². The minimum atomic E-state index is -0.313. The van der Waals surface area contributed by atoms with Crippen LogP contribution in [-0.4, -0.2) is 11.7 Å². The zero-order valence-corrected chi connectivity index (χ0v) is 11.8. The van der Waals surface area contributed by atoms with E-state index in [1.165, 1.54) is 7.11 Å². The first-order chi connectivity index (χ1) is 10.2. The van der Waals surface area contributed by atoms with E-state index in [0.717, 1.165) is 16.5 Å². The summed E-state index contributed by atoms with van der Waals surface area (Å²) in [6.45, 7) is 0.908. The summed E-state index contributed by atoms with van der Waals surface area (Å²) in [5, 5.41) is 1.11. The van der Waals surface area contributed by atoms with E-state index >= 15 is 0 Å². The minimum absolute atomic E-state index is 0.267. The van der Waals surface area contributed by atoms with E-state index in [1.54, 1.807) is 18.2 Å². The second-order valence-corrected chi connectivity index (χ2v) is 4.94. The molecular formula is C17H17FN2O. The number of methoxy groups -OCH3 is 1. The SMILES string of the molecule is COc1cccc(Cn2ccc3cccc(CN)c32)c1F. The summed E-state index contributed by atoms with van der Waals surface area (Å²) in [5.41, 5.74) is 8.52. The smallest absolute Gasteiger partial charge is 0.170 e. The molecule has 3 rings (SSSR count). The van der Waals surface area contributed by atoms with Gasteiger partial charge < -0.3 is 15.0 Å². The number of nitrogens with zero attached hydrogens (tertiary/aromatic N) is 1. The van der Waals surface area contributed by atoms with E-state index in [0.29, 0.717) is 18.7 Å². The van der Waals surface area contributed by atoms with Gasteiger partial charge in [-0.3, -0.25) is 0 Å². The summed E-state index contributed by atoms with van der Waals surface area (Å²) in [4.78, 5) is 0. The summed E-state index contributed by atoms with van der Waals surface area (Å²) in [7, 11) is 1.47. The van der Waals surface area contributed by atoms with Gasteiger partial charge in [0.1, 0.15) is 0 Å². The number of hydrogen-bond donors (Lipinski definition) is 1. The number of rotatable bonds is 4. The van der Waals surface area contributed by atoms with Crippen molar-refractivity contribution in [1.29, 1.82) is 0 Å². The Labute approximate surface area is 122 Å². The lowest BCUT2D eigenvalue weighted by Crippen LogP contribution is -2.05. The van der Waals surface area contributed by atoms with E-state index in [1.807, 2.05) is 35.0 Å². The lowest BCUT2D eigenvalue weighted by molar-refractivity contribution is 0.383. The minimum Gasteiger partial charge on any atom is -0.494 e. The standard InChI is InChI=1S/C17H17FN2O/c1-21-15-7-3-6-14(16(15)18)11-20-9-8-12-4-2-5-13(10-19)17(12)20/h2-9H,10-11,19H2,1H3. The van der Waals surface area contributed by atoms with Crippen LogP contribution in [0.1, 0.15) is 11.1 Å². The maximum Gasteiger partial charge on any atom is 0.170 e. The highest BCUT2D eigenvalue weighted by Gasteiger charge is 2.11. The summed E-state index contributed by atoms with van der Waals surface area (Å²) in [6.07, 6.45) is 1.96. The van der Waals surface area contributed by atoms with Gasteiger partial charge in [0.25, 0.3) is 0 Å². The van der Waals surface area contributed by atoms with Crippen LogP contribution in [0.4, 0.5) is 4.39 Å². The molecule has 0 unspecified atom stereocenters. The maximum absolute atomic E-state index is 14.3. The van der Waals surface area contributed by atoms with Gasteiger partial charge in [0.2, 0.25) is 0 Å². The van der Waals surface area contributed by atoms with Crippen molar-refractivity contribution in [2.75, 3.05) is 7.11 Å². The maximum atomic E-state index is 14.3. The third-order valence-corrected chi connectivity index (χ3v) is 3.70. The fourth-order valence-electron chi connectivity index (χ4n) is 2.66. The highest BCUT2D eigenvalue weighted by molar-refractivity contribution is 5.83. The normalized spacial score (nSPS) is 11.0. The molecule has 0 fully saturated rings. The highest BCUT2D eigenvalue weighted by Crippen LogP contribution is 2.24. The average molecular weight is 284 g/mol. The summed E-state index contributed by atoms with van der Waals surface area (Å²) >= 11 is 0. The Morgan fingerprint density at radius 3 is 2.62 bits per heavy atom. The molecule has 0 saturated carbocycles. The number of halogens is 1. The van der Waals surface area contributed by atoms with E-state index in [4.69, 9.17) is 10.5 Å². The molecule has 0 aliphatic rings. The first kappa shape index (κ1) is 13.6. The van der Waals surface area contributed by atoms with Gasteiger partial charge in [-0.15, -0.1) is 0 Å². The van der Waals surface area contributed by atoms with Gasteiger partial charge >= 0.3 is 0 Å². The monoisotopic (exact) mass is 284 g/mol. The van der Waals surface area contributed by atoms with Gasteiger partial charge in [0.15, 0.2) is 11.6 Å². The van der Waals surface area contributed by atoms with Gasteiger partial charge in [0, 0.05) is 18.3 Å². The van der Waals surface area contributed by atoms with Crippen LogP contribution in [0.2, 0.25) is 0 Å². The molecule has 0 bridgehead atoms. The molecule has 3 aromatic rings. The number of ether oxygens (including phenoxy) is 1. The van der Waals surface area contributed by atoms with Crippen molar-refractivity contribution in [3.63, 3.8) is 0 Å². The molecule has 0 aliphatic carbocycles. The molecule has 108 valence electrons. The Kier molecular flexibility index (Phi) is 3.62. The molecule has 0 atom stereocenters. The average Bonchev–Trinajstić information content (AvgIpc) is 2.92. The topological polar surface area (TPSA) is 40.2 Å². The van der Waals surface area contributed by atoms with Crippen LogP contribution in [0, 0.1) is 5.82 Å². The van der Waals surface area contributed by atoms with Crippen LogP contribution < -0.4 is 10.5 Å². The number of para-hydroxylation sites is 1. The largest absolute Gasteiger partial charge is 0.494 e. The summed E-state index contributed by atoms with van der Waals surface area (Å²) in [6, 6.07) is 13.2. The van der Waals surface area contributed by atoms with Crippen molar-refractivity contribution in [2.24, 2.45) is 5.73 Å². The van der Waals surface area contributed by atoms with Crippen molar-refractivity contribution < 1.29 is 9.13 Å². The third-order valence-electron chi connectivity index (χ3n) is 3.70. The summed E-state index contributed by atoms with van der Waals surface area (Å²) < 4.78 is 21.3. The fourth-order valence-corrected chi connectivity index (χ4v) is 2.66. The predicted octanol–water partition coefficient (Wildman–Crippen LogP) is 3.30. The predicted molar refractivity (Wildman–Crippen MR) is 81.9 cm³/mol. The fraction of sp³-hybridized carbons (Fsp3) is 0.176. The first-order valence-electron chi connectivity index (χ1n) is 6.82. The van der Waals surface area contributed by atoms with Crippen LogP contribution in [0.3, 0.4) is 0 Å². The van der Waals surface area contributed by atoms with Crippen LogP contribution >= 0.6 is 0 Å². The Morgan fingerprint density at radius 2 is 1.86 bits per heavy atom. The summed E-state index contributed by atoms with van der Waals surface area (Å²) in [5.74, 6) is -0.0462. The molecule has 21 heavy (non-hydrogen) atoms. The van der Waals surface area contributed by atoms with E-state index in [9.17, 15) is 4.39 Å². The lowest BCUT2D eigenvalue weighted by Gasteiger charge is -2.11. The van der Waals surface area contributed by atoms with Crippen molar-refractivity contribution in [2.45, 2.75) is 13.1 Å². The highest BCUT2D eigenvalue weighted by atomic mass is 19.1. The van der Waals surface area contributed by atoms with Gasteiger partial charge in [-0.2, -0.15) is 0 Å². The van der Waals surface area contributed by atoms with Crippen LogP contribution in [0.15, 0.2) is 48.7 Å².